The molecule has 2 atom stereocenters. The van der Waals surface area contributed by atoms with Crippen molar-refractivity contribution in [3.05, 3.63) is 121 Å². The zero-order valence-corrected chi connectivity index (χ0v) is 21.4. The Balaban J connectivity index is 1.28. The fourth-order valence-electron chi connectivity index (χ4n) is 5.11. The zero-order chi connectivity index (χ0) is 25.9. The molecule has 0 saturated carbocycles. The van der Waals surface area contributed by atoms with E-state index in [0.717, 1.165) is 33.5 Å². The molecule has 3 aromatic heterocycles. The molecule has 1 aliphatic heterocycles. The number of hydrogen-bond acceptors (Lipinski definition) is 4. The van der Waals surface area contributed by atoms with E-state index < -0.39 is 0 Å². The maximum Gasteiger partial charge on any atom is 0.226 e. The van der Waals surface area contributed by atoms with E-state index in [1.807, 2.05) is 85.1 Å². The highest BCUT2D eigenvalue weighted by molar-refractivity contribution is 7.80. The summed E-state index contributed by atoms with van der Waals surface area (Å²) in [6.45, 7) is 0.456. The molecule has 5 aromatic rings. The van der Waals surface area contributed by atoms with Crippen LogP contribution in [0.15, 0.2) is 110 Å². The Morgan fingerprint density at radius 2 is 1.74 bits per heavy atom. The Morgan fingerprint density at radius 3 is 2.58 bits per heavy atom. The van der Waals surface area contributed by atoms with Gasteiger partial charge in [-0.1, -0.05) is 42.5 Å². The summed E-state index contributed by atoms with van der Waals surface area (Å²) in [5.41, 5.74) is 3.76. The van der Waals surface area contributed by atoms with Crippen LogP contribution in [-0.2, 0) is 4.79 Å². The van der Waals surface area contributed by atoms with Gasteiger partial charge in [-0.05, 0) is 60.1 Å². The minimum atomic E-state index is -0.166. The Kier molecular flexibility index (Phi) is 6.54. The van der Waals surface area contributed by atoms with E-state index in [0.29, 0.717) is 11.7 Å². The second-order valence-corrected chi connectivity index (χ2v) is 9.54. The second-order valence-electron chi connectivity index (χ2n) is 9.15. The standard InChI is InChI=1S/C30H26N6OS/c37-27(33-24-11-5-8-21-7-1-2-9-23(21)24)15-20-36-29(28(34-30(36)38)25-10-3-4-16-32-25)26-12-6-19-35(26)22-13-17-31-18-14-22/h1-14,16-19,28-29H,15,20H2,(H,33,37)(H,34,38)/t28-,29+/m0/s1. The fourth-order valence-corrected chi connectivity index (χ4v) is 5.44. The Morgan fingerprint density at radius 1 is 0.921 bits per heavy atom. The molecule has 2 aromatic carbocycles. The number of pyridine rings is 2. The maximum absolute atomic E-state index is 13.1. The van der Waals surface area contributed by atoms with Gasteiger partial charge in [0.1, 0.15) is 0 Å². The van der Waals surface area contributed by atoms with Crippen LogP contribution in [0.2, 0.25) is 0 Å². The van der Waals surface area contributed by atoms with Gasteiger partial charge in [-0.3, -0.25) is 14.8 Å². The molecule has 0 unspecified atom stereocenters. The van der Waals surface area contributed by atoms with Crippen molar-refractivity contribution in [3.63, 3.8) is 0 Å². The van der Waals surface area contributed by atoms with Crippen molar-refractivity contribution in [1.29, 1.82) is 0 Å². The number of benzene rings is 2. The van der Waals surface area contributed by atoms with E-state index in [1.54, 1.807) is 18.6 Å². The average Bonchev–Trinajstić information content (AvgIpc) is 3.57. The van der Waals surface area contributed by atoms with Gasteiger partial charge in [-0.2, -0.15) is 0 Å². The molecule has 1 amide bonds. The molecule has 4 heterocycles. The van der Waals surface area contributed by atoms with Crippen LogP contribution in [0.5, 0.6) is 0 Å². The SMILES string of the molecule is O=C(CCN1C(=S)N[C@@H](c2ccccn2)[C@H]1c1cccn1-c1ccncc1)Nc1cccc2ccccc12. The van der Waals surface area contributed by atoms with Crippen LogP contribution in [0, 0.1) is 0 Å². The van der Waals surface area contributed by atoms with Gasteiger partial charge in [-0.25, -0.2) is 0 Å². The first-order chi connectivity index (χ1) is 18.7. The van der Waals surface area contributed by atoms with Gasteiger partial charge in [-0.15, -0.1) is 0 Å². The topological polar surface area (TPSA) is 75.1 Å². The molecule has 0 bridgehead atoms. The molecule has 1 saturated heterocycles. The lowest BCUT2D eigenvalue weighted by Gasteiger charge is -2.28. The molecule has 8 heteroatoms. The van der Waals surface area contributed by atoms with Crippen molar-refractivity contribution < 1.29 is 4.79 Å². The number of thiocarbonyl (C=S) groups is 1. The summed E-state index contributed by atoms with van der Waals surface area (Å²) in [4.78, 5) is 24.0. The van der Waals surface area contributed by atoms with Crippen molar-refractivity contribution in [1.82, 2.24) is 24.8 Å². The number of rotatable bonds is 7. The van der Waals surface area contributed by atoms with Crippen LogP contribution in [0.4, 0.5) is 5.69 Å². The van der Waals surface area contributed by atoms with Crippen LogP contribution in [0.1, 0.15) is 29.9 Å². The predicted octanol–water partition coefficient (Wildman–Crippen LogP) is 5.42. The Labute approximate surface area is 226 Å². The number of hydrogen-bond donors (Lipinski definition) is 2. The highest BCUT2D eigenvalue weighted by atomic mass is 32.1. The van der Waals surface area contributed by atoms with Crippen molar-refractivity contribution in [2.24, 2.45) is 0 Å². The lowest BCUT2D eigenvalue weighted by Crippen LogP contribution is -2.33. The monoisotopic (exact) mass is 518 g/mol. The molecule has 7 nitrogen and oxygen atoms in total. The molecule has 38 heavy (non-hydrogen) atoms. The second kappa shape index (κ2) is 10.4. The average molecular weight is 519 g/mol. The van der Waals surface area contributed by atoms with Crippen LogP contribution < -0.4 is 10.6 Å². The largest absolute Gasteiger partial charge is 0.352 e. The molecular weight excluding hydrogens is 492 g/mol. The predicted molar refractivity (Wildman–Crippen MR) is 153 cm³/mol. The number of nitrogens with one attached hydrogen (secondary N) is 2. The molecule has 1 aliphatic rings. The third-order valence-electron chi connectivity index (χ3n) is 6.87. The number of anilines is 1. The summed E-state index contributed by atoms with van der Waals surface area (Å²) in [7, 11) is 0. The first-order valence-electron chi connectivity index (χ1n) is 12.5. The third kappa shape index (κ3) is 4.62. The van der Waals surface area contributed by atoms with Gasteiger partial charge in [0.2, 0.25) is 5.91 Å². The molecule has 0 aliphatic carbocycles. The van der Waals surface area contributed by atoms with Gasteiger partial charge < -0.3 is 20.1 Å². The number of fused-ring (bicyclic) bond motifs is 1. The fraction of sp³-hybridized carbons (Fsp3) is 0.133. The molecular formula is C30H26N6OS. The van der Waals surface area contributed by atoms with E-state index in [-0.39, 0.29) is 24.4 Å². The van der Waals surface area contributed by atoms with Crippen molar-refractivity contribution in [2.75, 3.05) is 11.9 Å². The third-order valence-corrected chi connectivity index (χ3v) is 7.22. The van der Waals surface area contributed by atoms with Gasteiger partial charge in [0.25, 0.3) is 0 Å². The lowest BCUT2D eigenvalue weighted by molar-refractivity contribution is -0.116. The van der Waals surface area contributed by atoms with E-state index >= 15 is 0 Å². The van der Waals surface area contributed by atoms with Gasteiger partial charge >= 0.3 is 0 Å². The zero-order valence-electron chi connectivity index (χ0n) is 20.6. The summed E-state index contributed by atoms with van der Waals surface area (Å²) >= 11 is 5.81. The molecule has 188 valence electrons. The van der Waals surface area contributed by atoms with E-state index in [9.17, 15) is 4.79 Å². The lowest BCUT2D eigenvalue weighted by atomic mass is 10.0. The minimum Gasteiger partial charge on any atom is -0.352 e. The number of aromatic nitrogens is 3. The summed E-state index contributed by atoms with van der Waals surface area (Å²) in [5, 5.41) is 9.28. The highest BCUT2D eigenvalue weighted by Gasteiger charge is 2.41. The minimum absolute atomic E-state index is 0.0614. The normalized spacial score (nSPS) is 16.9. The quantitative estimate of drug-likeness (QED) is 0.280. The van der Waals surface area contributed by atoms with Crippen LogP contribution in [0.25, 0.3) is 16.5 Å². The maximum atomic E-state index is 13.1. The van der Waals surface area contributed by atoms with Crippen molar-refractivity contribution in [2.45, 2.75) is 18.5 Å². The molecule has 1 fully saturated rings. The summed E-state index contributed by atoms with van der Waals surface area (Å²) in [6, 6.07) is 27.6. The molecule has 0 radical (unpaired) electrons. The number of amides is 1. The van der Waals surface area contributed by atoms with E-state index in [4.69, 9.17) is 12.2 Å². The van der Waals surface area contributed by atoms with Crippen LogP contribution in [-0.4, -0.2) is 37.0 Å². The van der Waals surface area contributed by atoms with Gasteiger partial charge in [0, 0.05) is 60.2 Å². The Bertz CT molecular complexity index is 1580. The first kappa shape index (κ1) is 23.8. The summed E-state index contributed by atoms with van der Waals surface area (Å²) in [5.74, 6) is -0.0614. The smallest absolute Gasteiger partial charge is 0.226 e. The number of nitrogens with zero attached hydrogens (tertiary/aromatic N) is 4. The number of carbonyl (C=O) groups excluding carboxylic acids is 1. The highest BCUT2D eigenvalue weighted by Crippen LogP contribution is 2.39. The molecule has 0 spiro atoms. The summed E-state index contributed by atoms with van der Waals surface area (Å²) < 4.78 is 2.14. The van der Waals surface area contributed by atoms with Crippen molar-refractivity contribution >= 4 is 39.7 Å². The summed E-state index contributed by atoms with van der Waals surface area (Å²) in [6.07, 6.45) is 7.67. The molecule has 6 rings (SSSR count). The van der Waals surface area contributed by atoms with Gasteiger partial charge in [0.15, 0.2) is 5.11 Å². The van der Waals surface area contributed by atoms with Crippen molar-refractivity contribution in [3.8, 4) is 5.69 Å². The number of carbonyl (C=O) groups is 1. The van der Waals surface area contributed by atoms with Crippen LogP contribution >= 0.6 is 12.2 Å². The van der Waals surface area contributed by atoms with E-state index in [1.165, 1.54) is 0 Å². The molecule has 2 N–H and O–H groups in total. The first-order valence-corrected chi connectivity index (χ1v) is 12.9. The van der Waals surface area contributed by atoms with E-state index in [2.05, 4.69) is 36.1 Å². The Hall–Kier alpha value is -4.56. The van der Waals surface area contributed by atoms with Gasteiger partial charge in [0.05, 0.1) is 17.8 Å². The van der Waals surface area contributed by atoms with Crippen LogP contribution in [0.3, 0.4) is 0 Å².